The van der Waals surface area contributed by atoms with Crippen LogP contribution in [0.1, 0.15) is 32.6 Å². The lowest BCUT2D eigenvalue weighted by molar-refractivity contribution is -0.153. The molecule has 0 spiro atoms. The highest BCUT2D eigenvalue weighted by atomic mass is 16.2. The topological polar surface area (TPSA) is 52.7 Å². The van der Waals surface area contributed by atoms with Gasteiger partial charge in [-0.1, -0.05) is 6.92 Å². The van der Waals surface area contributed by atoms with E-state index in [2.05, 4.69) is 12.2 Å². The van der Waals surface area contributed by atoms with Gasteiger partial charge in [-0.15, -0.1) is 0 Å². The minimum absolute atomic E-state index is 0.246. The maximum atomic E-state index is 12.2. The number of hydrogen-bond acceptors (Lipinski definition) is 3. The van der Waals surface area contributed by atoms with Gasteiger partial charge in [-0.2, -0.15) is 0 Å². The van der Waals surface area contributed by atoms with Crippen molar-refractivity contribution in [3.05, 3.63) is 0 Å². The summed E-state index contributed by atoms with van der Waals surface area (Å²) in [6.45, 7) is 5.09. The minimum atomic E-state index is -0.332. The second-order valence-corrected chi connectivity index (χ2v) is 5.87. The van der Waals surface area contributed by atoms with E-state index in [1.165, 1.54) is 0 Å². The summed E-state index contributed by atoms with van der Waals surface area (Å²) in [5.41, 5.74) is 0. The molecule has 2 aliphatic rings. The fourth-order valence-corrected chi connectivity index (χ4v) is 2.95. The van der Waals surface area contributed by atoms with Gasteiger partial charge >= 0.3 is 11.8 Å². The average Bonchev–Trinajstić information content (AvgIpc) is 2.46. The van der Waals surface area contributed by atoms with Gasteiger partial charge in [-0.05, 0) is 31.6 Å². The van der Waals surface area contributed by atoms with E-state index in [0.29, 0.717) is 13.1 Å². The Morgan fingerprint density at radius 2 is 1.68 bits per heavy atom. The van der Waals surface area contributed by atoms with Gasteiger partial charge < -0.3 is 15.1 Å². The quantitative estimate of drug-likeness (QED) is 0.702. The minimum Gasteiger partial charge on any atom is -0.335 e. The SMILES string of the molecule is CC1CCC(N(C)C(=O)C(=O)N2CCNCC2)CC1. The molecule has 0 aromatic rings. The van der Waals surface area contributed by atoms with Crippen LogP contribution in [0, 0.1) is 5.92 Å². The van der Waals surface area contributed by atoms with Crippen LogP contribution < -0.4 is 5.32 Å². The zero-order valence-electron chi connectivity index (χ0n) is 12.0. The van der Waals surface area contributed by atoms with Gasteiger partial charge in [-0.3, -0.25) is 9.59 Å². The Balaban J connectivity index is 1.88. The van der Waals surface area contributed by atoms with Gasteiger partial charge in [0.05, 0.1) is 0 Å². The normalized spacial score (nSPS) is 28.0. The van der Waals surface area contributed by atoms with Crippen molar-refractivity contribution in [1.29, 1.82) is 0 Å². The molecular weight excluding hydrogens is 242 g/mol. The summed E-state index contributed by atoms with van der Waals surface area (Å²) in [5.74, 6) is 0.0905. The number of nitrogens with one attached hydrogen (secondary N) is 1. The smallest absolute Gasteiger partial charge is 0.312 e. The van der Waals surface area contributed by atoms with Crippen LogP contribution in [-0.4, -0.2) is 60.9 Å². The lowest BCUT2D eigenvalue weighted by Gasteiger charge is -2.35. The summed E-state index contributed by atoms with van der Waals surface area (Å²) < 4.78 is 0. The second kappa shape index (κ2) is 6.37. The second-order valence-electron chi connectivity index (χ2n) is 5.87. The summed E-state index contributed by atoms with van der Waals surface area (Å²) in [6.07, 6.45) is 4.37. The Bertz CT molecular complexity index is 332. The lowest BCUT2D eigenvalue weighted by atomic mass is 9.87. The van der Waals surface area contributed by atoms with E-state index in [4.69, 9.17) is 0 Å². The van der Waals surface area contributed by atoms with Crippen molar-refractivity contribution in [1.82, 2.24) is 15.1 Å². The van der Waals surface area contributed by atoms with Crippen LogP contribution in [0.5, 0.6) is 0 Å². The monoisotopic (exact) mass is 267 g/mol. The van der Waals surface area contributed by atoms with Crippen LogP contribution >= 0.6 is 0 Å². The first kappa shape index (κ1) is 14.3. The molecule has 5 heteroatoms. The molecule has 1 N–H and O–H groups in total. The fraction of sp³-hybridized carbons (Fsp3) is 0.857. The molecule has 1 saturated carbocycles. The van der Waals surface area contributed by atoms with E-state index < -0.39 is 0 Å². The summed E-state index contributed by atoms with van der Waals surface area (Å²) >= 11 is 0. The van der Waals surface area contributed by atoms with Crippen LogP contribution in [0.4, 0.5) is 0 Å². The molecule has 0 bridgehead atoms. The third-order valence-electron chi connectivity index (χ3n) is 4.44. The highest BCUT2D eigenvalue weighted by molar-refractivity contribution is 6.34. The first-order chi connectivity index (χ1) is 9.09. The van der Waals surface area contributed by atoms with Crippen molar-refractivity contribution >= 4 is 11.8 Å². The van der Waals surface area contributed by atoms with Crippen LogP contribution in [-0.2, 0) is 9.59 Å². The van der Waals surface area contributed by atoms with Gasteiger partial charge in [-0.25, -0.2) is 0 Å². The van der Waals surface area contributed by atoms with Gasteiger partial charge in [0.1, 0.15) is 0 Å². The van der Waals surface area contributed by atoms with Crippen molar-refractivity contribution in [3.8, 4) is 0 Å². The van der Waals surface area contributed by atoms with Crippen LogP contribution in [0.25, 0.3) is 0 Å². The molecule has 1 aliphatic heterocycles. The van der Waals surface area contributed by atoms with Gasteiger partial charge in [0.25, 0.3) is 0 Å². The number of nitrogens with zero attached hydrogens (tertiary/aromatic N) is 2. The molecule has 0 aromatic carbocycles. The van der Waals surface area contributed by atoms with E-state index >= 15 is 0 Å². The van der Waals surface area contributed by atoms with E-state index in [1.807, 2.05) is 0 Å². The lowest BCUT2D eigenvalue weighted by Crippen LogP contribution is -2.53. The van der Waals surface area contributed by atoms with E-state index in [9.17, 15) is 9.59 Å². The largest absolute Gasteiger partial charge is 0.335 e. The molecule has 2 rings (SSSR count). The van der Waals surface area contributed by atoms with Crippen LogP contribution in [0.15, 0.2) is 0 Å². The Kier molecular flexibility index (Phi) is 4.80. The first-order valence-electron chi connectivity index (χ1n) is 7.36. The molecule has 1 aliphatic carbocycles. The molecule has 1 saturated heterocycles. The average molecular weight is 267 g/mol. The van der Waals surface area contributed by atoms with Crippen LogP contribution in [0.2, 0.25) is 0 Å². The molecule has 19 heavy (non-hydrogen) atoms. The molecule has 5 nitrogen and oxygen atoms in total. The Morgan fingerprint density at radius 1 is 1.11 bits per heavy atom. The number of piperazine rings is 1. The first-order valence-corrected chi connectivity index (χ1v) is 7.36. The number of amides is 2. The molecule has 0 aromatic heterocycles. The summed E-state index contributed by atoms with van der Waals surface area (Å²) in [4.78, 5) is 27.7. The van der Waals surface area contributed by atoms with Gasteiger partial charge in [0.15, 0.2) is 0 Å². The number of rotatable bonds is 1. The summed E-state index contributed by atoms with van der Waals surface area (Å²) in [7, 11) is 1.78. The molecule has 0 radical (unpaired) electrons. The molecule has 2 fully saturated rings. The highest BCUT2D eigenvalue weighted by Crippen LogP contribution is 2.26. The zero-order valence-corrected chi connectivity index (χ0v) is 12.0. The molecule has 1 heterocycles. The molecule has 0 unspecified atom stereocenters. The molecular formula is C14H25N3O2. The van der Waals surface area contributed by atoms with E-state index in [-0.39, 0.29) is 17.9 Å². The third kappa shape index (κ3) is 3.47. The number of carbonyl (C=O) groups is 2. The fourth-order valence-electron chi connectivity index (χ4n) is 2.95. The van der Waals surface area contributed by atoms with Crippen molar-refractivity contribution in [2.75, 3.05) is 33.2 Å². The maximum Gasteiger partial charge on any atom is 0.312 e. The maximum absolute atomic E-state index is 12.2. The van der Waals surface area contributed by atoms with Crippen molar-refractivity contribution in [2.45, 2.75) is 38.6 Å². The highest BCUT2D eigenvalue weighted by Gasteiger charge is 2.31. The summed E-state index contributed by atoms with van der Waals surface area (Å²) in [5, 5.41) is 3.19. The van der Waals surface area contributed by atoms with Crippen LogP contribution in [0.3, 0.4) is 0 Å². The molecule has 108 valence electrons. The van der Waals surface area contributed by atoms with E-state index in [1.54, 1.807) is 16.8 Å². The third-order valence-corrected chi connectivity index (χ3v) is 4.44. The molecule has 0 atom stereocenters. The summed E-state index contributed by atoms with van der Waals surface area (Å²) in [6, 6.07) is 0.246. The predicted molar refractivity (Wildman–Crippen MR) is 73.6 cm³/mol. The predicted octanol–water partition coefficient (Wildman–Crippen LogP) is 0.455. The van der Waals surface area contributed by atoms with Crippen molar-refractivity contribution in [2.24, 2.45) is 5.92 Å². The Labute approximate surface area is 115 Å². The van der Waals surface area contributed by atoms with Crippen molar-refractivity contribution in [3.63, 3.8) is 0 Å². The van der Waals surface area contributed by atoms with Gasteiger partial charge in [0.2, 0.25) is 0 Å². The van der Waals surface area contributed by atoms with E-state index in [0.717, 1.165) is 44.7 Å². The number of likely N-dealkylation sites (N-methyl/N-ethyl adjacent to an activating group) is 1. The Morgan fingerprint density at radius 3 is 2.26 bits per heavy atom. The molecule has 2 amide bonds. The zero-order chi connectivity index (χ0) is 13.8. The standard InChI is InChI=1S/C14H25N3O2/c1-11-3-5-12(6-4-11)16(2)13(18)14(19)17-9-7-15-8-10-17/h11-12,15H,3-10H2,1-2H3. The number of hydrogen-bond donors (Lipinski definition) is 1. The van der Waals surface area contributed by atoms with Crippen molar-refractivity contribution < 1.29 is 9.59 Å². The Hall–Kier alpha value is -1.10. The number of carbonyl (C=O) groups excluding carboxylic acids is 2. The van der Waals surface area contributed by atoms with Gasteiger partial charge in [0, 0.05) is 39.3 Å².